The molecule has 2 heteroatoms. The van der Waals surface area contributed by atoms with Crippen LogP contribution in [-0.4, -0.2) is 30.1 Å². The fourth-order valence-electron chi connectivity index (χ4n) is 2.39. The fraction of sp³-hybridized carbons (Fsp3) is 0.846. The summed E-state index contributed by atoms with van der Waals surface area (Å²) in [4.78, 5) is 2.57. The van der Waals surface area contributed by atoms with Gasteiger partial charge in [-0.3, -0.25) is 4.90 Å². The molecule has 2 N–H and O–H groups in total. The summed E-state index contributed by atoms with van der Waals surface area (Å²) in [6.45, 7) is 6.42. The van der Waals surface area contributed by atoms with Gasteiger partial charge in [0, 0.05) is 25.0 Å². The molecule has 1 aliphatic carbocycles. The third-order valence-corrected chi connectivity index (χ3v) is 3.36. The molecule has 0 heterocycles. The first kappa shape index (κ1) is 12.5. The SMILES string of the molecule is CC#CCCN(CC)C1CCC(N)CC1. The zero-order chi connectivity index (χ0) is 11.1. The smallest absolute Gasteiger partial charge is 0.0217 e. The zero-order valence-corrected chi connectivity index (χ0v) is 10.1. The average Bonchev–Trinajstić information content (AvgIpc) is 2.26. The van der Waals surface area contributed by atoms with Crippen molar-refractivity contribution >= 4 is 0 Å². The van der Waals surface area contributed by atoms with Crippen LogP contribution in [0.4, 0.5) is 0 Å². The van der Waals surface area contributed by atoms with Gasteiger partial charge in [-0.15, -0.1) is 11.8 Å². The molecule has 86 valence electrons. The summed E-state index contributed by atoms with van der Waals surface area (Å²) in [6.07, 6.45) is 5.94. The van der Waals surface area contributed by atoms with Crippen LogP contribution in [-0.2, 0) is 0 Å². The van der Waals surface area contributed by atoms with Gasteiger partial charge in [0.2, 0.25) is 0 Å². The maximum Gasteiger partial charge on any atom is 0.0217 e. The van der Waals surface area contributed by atoms with E-state index >= 15 is 0 Å². The molecule has 1 fully saturated rings. The van der Waals surface area contributed by atoms with Crippen LogP contribution in [0.3, 0.4) is 0 Å². The van der Waals surface area contributed by atoms with E-state index in [0.29, 0.717) is 6.04 Å². The van der Waals surface area contributed by atoms with Crippen LogP contribution in [0.25, 0.3) is 0 Å². The Hall–Kier alpha value is -0.520. The van der Waals surface area contributed by atoms with Gasteiger partial charge in [0.1, 0.15) is 0 Å². The second-order valence-electron chi connectivity index (χ2n) is 4.37. The third kappa shape index (κ3) is 4.24. The van der Waals surface area contributed by atoms with Crippen LogP contribution < -0.4 is 5.73 Å². The van der Waals surface area contributed by atoms with E-state index in [4.69, 9.17) is 5.73 Å². The minimum Gasteiger partial charge on any atom is -0.328 e. The Kier molecular flexibility index (Phi) is 5.75. The molecule has 0 spiro atoms. The summed E-state index contributed by atoms with van der Waals surface area (Å²) in [5, 5.41) is 0. The van der Waals surface area contributed by atoms with Crippen molar-refractivity contribution in [2.24, 2.45) is 5.73 Å². The standard InChI is InChI=1S/C13H24N2/c1-3-5-6-11-15(4-2)13-9-7-12(14)8-10-13/h12-13H,4,6-11,14H2,1-2H3. The van der Waals surface area contributed by atoms with Gasteiger partial charge in [-0.2, -0.15) is 0 Å². The summed E-state index contributed by atoms with van der Waals surface area (Å²) < 4.78 is 0. The second-order valence-corrected chi connectivity index (χ2v) is 4.37. The Morgan fingerprint density at radius 1 is 1.27 bits per heavy atom. The Labute approximate surface area is 94.2 Å². The molecule has 0 aromatic rings. The van der Waals surface area contributed by atoms with Crippen molar-refractivity contribution in [1.82, 2.24) is 4.90 Å². The van der Waals surface area contributed by atoms with Gasteiger partial charge < -0.3 is 5.73 Å². The highest BCUT2D eigenvalue weighted by Crippen LogP contribution is 2.21. The summed E-state index contributed by atoms with van der Waals surface area (Å²) in [5.41, 5.74) is 5.92. The maximum absolute atomic E-state index is 5.92. The minimum absolute atomic E-state index is 0.454. The maximum atomic E-state index is 5.92. The predicted molar refractivity (Wildman–Crippen MR) is 65.5 cm³/mol. The molecule has 0 radical (unpaired) electrons. The van der Waals surface area contributed by atoms with Gasteiger partial charge in [-0.1, -0.05) is 6.92 Å². The summed E-state index contributed by atoms with van der Waals surface area (Å²) >= 11 is 0. The second kappa shape index (κ2) is 6.87. The predicted octanol–water partition coefficient (Wildman–Crippen LogP) is 1.99. The number of rotatable bonds is 4. The van der Waals surface area contributed by atoms with E-state index in [1.165, 1.54) is 25.7 Å². The monoisotopic (exact) mass is 208 g/mol. The lowest BCUT2D eigenvalue weighted by Gasteiger charge is -2.35. The molecule has 0 unspecified atom stereocenters. The van der Waals surface area contributed by atoms with Gasteiger partial charge in [-0.05, 0) is 39.2 Å². The lowest BCUT2D eigenvalue weighted by Crippen LogP contribution is -2.41. The first-order valence-corrected chi connectivity index (χ1v) is 6.17. The van der Waals surface area contributed by atoms with Gasteiger partial charge in [0.25, 0.3) is 0 Å². The molecular weight excluding hydrogens is 184 g/mol. The topological polar surface area (TPSA) is 29.3 Å². The zero-order valence-electron chi connectivity index (χ0n) is 10.1. The quantitative estimate of drug-likeness (QED) is 0.716. The highest BCUT2D eigenvalue weighted by Gasteiger charge is 2.22. The van der Waals surface area contributed by atoms with E-state index in [1.807, 2.05) is 6.92 Å². The van der Waals surface area contributed by atoms with Crippen molar-refractivity contribution in [3.8, 4) is 11.8 Å². The number of hydrogen-bond donors (Lipinski definition) is 1. The lowest BCUT2D eigenvalue weighted by molar-refractivity contribution is 0.160. The molecule has 0 saturated heterocycles. The molecule has 2 nitrogen and oxygen atoms in total. The molecule has 0 aromatic heterocycles. The van der Waals surface area contributed by atoms with Gasteiger partial charge in [-0.25, -0.2) is 0 Å². The summed E-state index contributed by atoms with van der Waals surface area (Å²) in [7, 11) is 0. The van der Waals surface area contributed by atoms with Crippen LogP contribution in [0, 0.1) is 11.8 Å². The number of nitrogens with zero attached hydrogens (tertiary/aromatic N) is 1. The third-order valence-electron chi connectivity index (χ3n) is 3.36. The Balaban J connectivity index is 2.32. The van der Waals surface area contributed by atoms with E-state index in [1.54, 1.807) is 0 Å². The molecule has 0 aliphatic heterocycles. The van der Waals surface area contributed by atoms with Crippen molar-refractivity contribution in [3.05, 3.63) is 0 Å². The van der Waals surface area contributed by atoms with Crippen LogP contribution in [0.1, 0.15) is 46.0 Å². The summed E-state index contributed by atoms with van der Waals surface area (Å²) in [5.74, 6) is 6.11. The molecular formula is C13H24N2. The van der Waals surface area contributed by atoms with Gasteiger partial charge >= 0.3 is 0 Å². The van der Waals surface area contributed by atoms with E-state index in [-0.39, 0.29) is 0 Å². The van der Waals surface area contributed by atoms with Crippen molar-refractivity contribution < 1.29 is 0 Å². The Morgan fingerprint density at radius 2 is 1.93 bits per heavy atom. The molecule has 0 atom stereocenters. The molecule has 0 bridgehead atoms. The van der Waals surface area contributed by atoms with Gasteiger partial charge in [0.15, 0.2) is 0 Å². The van der Waals surface area contributed by atoms with Crippen molar-refractivity contribution in [1.29, 1.82) is 0 Å². The van der Waals surface area contributed by atoms with Crippen LogP contribution in [0.5, 0.6) is 0 Å². The largest absolute Gasteiger partial charge is 0.328 e. The van der Waals surface area contributed by atoms with Crippen LogP contribution in [0.15, 0.2) is 0 Å². The minimum atomic E-state index is 0.454. The fourth-order valence-corrected chi connectivity index (χ4v) is 2.39. The highest BCUT2D eigenvalue weighted by atomic mass is 15.1. The lowest BCUT2D eigenvalue weighted by atomic mass is 9.90. The first-order valence-electron chi connectivity index (χ1n) is 6.17. The highest BCUT2D eigenvalue weighted by molar-refractivity contribution is 4.96. The molecule has 1 aliphatic rings. The Bertz CT molecular complexity index is 218. The van der Waals surface area contributed by atoms with Crippen molar-refractivity contribution in [2.75, 3.05) is 13.1 Å². The average molecular weight is 208 g/mol. The molecule has 15 heavy (non-hydrogen) atoms. The molecule has 1 saturated carbocycles. The molecule has 0 amide bonds. The Morgan fingerprint density at radius 3 is 2.47 bits per heavy atom. The first-order chi connectivity index (χ1) is 7.27. The van der Waals surface area contributed by atoms with E-state index in [9.17, 15) is 0 Å². The van der Waals surface area contributed by atoms with Crippen molar-refractivity contribution in [2.45, 2.75) is 58.0 Å². The molecule has 1 rings (SSSR count). The van der Waals surface area contributed by atoms with Crippen molar-refractivity contribution in [3.63, 3.8) is 0 Å². The van der Waals surface area contributed by atoms with E-state index in [0.717, 1.165) is 25.6 Å². The van der Waals surface area contributed by atoms with Gasteiger partial charge in [0.05, 0.1) is 0 Å². The number of nitrogens with two attached hydrogens (primary N) is 1. The number of hydrogen-bond acceptors (Lipinski definition) is 2. The summed E-state index contributed by atoms with van der Waals surface area (Å²) in [6, 6.07) is 1.21. The van der Waals surface area contributed by atoms with E-state index < -0.39 is 0 Å². The van der Waals surface area contributed by atoms with Crippen LogP contribution in [0.2, 0.25) is 0 Å². The normalized spacial score (nSPS) is 26.1. The molecule has 0 aromatic carbocycles. The van der Waals surface area contributed by atoms with E-state index in [2.05, 4.69) is 23.7 Å². The van der Waals surface area contributed by atoms with Crippen LogP contribution >= 0.6 is 0 Å².